The molecule has 0 atom stereocenters. The Morgan fingerprint density at radius 3 is 2.61 bits per heavy atom. The molecule has 5 rings (SSSR count). The molecular formula is C24H24N4O6S2. The maximum Gasteiger partial charge on any atom is 0.348 e. The highest BCUT2D eigenvalue weighted by Gasteiger charge is 2.32. The Hall–Kier alpha value is -3.48. The summed E-state index contributed by atoms with van der Waals surface area (Å²) in [5, 5.41) is 6.84. The lowest BCUT2D eigenvalue weighted by Gasteiger charge is -2.27. The second-order valence-corrected chi connectivity index (χ2v) is 11.2. The molecule has 10 nitrogen and oxygen atoms in total. The van der Waals surface area contributed by atoms with Crippen LogP contribution in [0.5, 0.6) is 5.75 Å². The lowest BCUT2D eigenvalue weighted by atomic mass is 10.1. The molecule has 0 N–H and O–H groups in total. The minimum atomic E-state index is -3.73. The molecule has 0 unspecified atom stereocenters. The van der Waals surface area contributed by atoms with Crippen molar-refractivity contribution in [2.24, 2.45) is 7.05 Å². The number of fused-ring (bicyclic) bond motifs is 3. The summed E-state index contributed by atoms with van der Waals surface area (Å²) >= 11 is 1.25. The van der Waals surface area contributed by atoms with E-state index < -0.39 is 16.0 Å². The average Bonchev–Trinajstić information content (AvgIpc) is 3.47. The molecule has 0 bridgehead atoms. The van der Waals surface area contributed by atoms with Crippen LogP contribution in [0.4, 0.5) is 0 Å². The third-order valence-corrected chi connectivity index (χ3v) is 9.30. The summed E-state index contributed by atoms with van der Waals surface area (Å²) in [4.78, 5) is 26.1. The van der Waals surface area contributed by atoms with Gasteiger partial charge in [-0.15, -0.1) is 11.3 Å². The van der Waals surface area contributed by atoms with E-state index in [1.807, 2.05) is 0 Å². The summed E-state index contributed by atoms with van der Waals surface area (Å²) in [6.45, 7) is 0.558. The predicted molar refractivity (Wildman–Crippen MR) is 134 cm³/mol. The lowest BCUT2D eigenvalue weighted by Crippen LogP contribution is -2.36. The van der Waals surface area contributed by atoms with E-state index in [4.69, 9.17) is 9.47 Å². The first-order valence-electron chi connectivity index (χ1n) is 11.1. The number of esters is 1. The minimum absolute atomic E-state index is 0.122. The largest absolute Gasteiger partial charge is 0.497 e. The topological polar surface area (TPSA) is 113 Å². The van der Waals surface area contributed by atoms with Crippen LogP contribution in [-0.4, -0.2) is 53.8 Å². The number of thiophene rings is 1. The van der Waals surface area contributed by atoms with Gasteiger partial charge in [0.1, 0.15) is 16.1 Å². The van der Waals surface area contributed by atoms with Crippen molar-refractivity contribution >= 4 is 38.2 Å². The van der Waals surface area contributed by atoms with Crippen LogP contribution < -0.4 is 10.3 Å². The van der Waals surface area contributed by atoms with Gasteiger partial charge in [0.05, 0.1) is 38.4 Å². The number of rotatable bonds is 6. The summed E-state index contributed by atoms with van der Waals surface area (Å²) < 4.78 is 41.0. The van der Waals surface area contributed by atoms with Crippen molar-refractivity contribution in [3.05, 3.63) is 74.0 Å². The fourth-order valence-corrected chi connectivity index (χ4v) is 6.82. The van der Waals surface area contributed by atoms with Crippen molar-refractivity contribution in [2.75, 3.05) is 20.8 Å². The molecule has 1 aromatic carbocycles. The Kier molecular flexibility index (Phi) is 6.18. The number of carbonyl (C=O) groups is 1. The molecule has 12 heteroatoms. The molecule has 0 spiro atoms. The van der Waals surface area contributed by atoms with Crippen LogP contribution in [-0.2, 0) is 41.3 Å². The Labute approximate surface area is 211 Å². The SMILES string of the molecule is COC(=O)c1sccc1Cn1ncc2c3c(n(C)c2c1=O)CN(S(=O)(=O)c1ccc(OC)cc1)CC3. The van der Waals surface area contributed by atoms with Crippen LogP contribution in [0.2, 0.25) is 0 Å². The average molecular weight is 529 g/mol. The zero-order valence-corrected chi connectivity index (χ0v) is 21.6. The second-order valence-electron chi connectivity index (χ2n) is 8.38. The number of nitrogens with zero attached hydrogens (tertiary/aromatic N) is 4. The van der Waals surface area contributed by atoms with Gasteiger partial charge < -0.3 is 14.0 Å². The van der Waals surface area contributed by atoms with Crippen LogP contribution in [0.3, 0.4) is 0 Å². The fraction of sp³-hybridized carbons (Fsp3) is 0.292. The Morgan fingerprint density at radius 2 is 1.92 bits per heavy atom. The molecule has 36 heavy (non-hydrogen) atoms. The summed E-state index contributed by atoms with van der Waals surface area (Å²) in [6.07, 6.45) is 2.11. The first-order valence-corrected chi connectivity index (χ1v) is 13.4. The standard InChI is InChI=1S/C24H24N4O6S2/c1-26-20-14-27(36(31,32)17-6-4-16(33-2)5-7-17)10-8-18(20)19-12-25-28(23(29)21(19)26)13-15-9-11-35-22(15)24(30)34-3/h4-7,9,11-12H,8,10,13-14H2,1-3H3. The number of hydrogen-bond donors (Lipinski definition) is 0. The second kappa shape index (κ2) is 9.19. The molecule has 1 aliphatic heterocycles. The Bertz CT molecular complexity index is 1630. The Morgan fingerprint density at radius 1 is 1.17 bits per heavy atom. The molecular weight excluding hydrogens is 504 g/mol. The molecule has 0 aliphatic carbocycles. The van der Waals surface area contributed by atoms with E-state index in [0.29, 0.717) is 40.1 Å². The first-order chi connectivity index (χ1) is 17.3. The molecule has 0 saturated carbocycles. The number of benzene rings is 1. The zero-order chi connectivity index (χ0) is 25.6. The van der Waals surface area contributed by atoms with Gasteiger partial charge in [-0.1, -0.05) is 0 Å². The van der Waals surface area contributed by atoms with Gasteiger partial charge in [0.25, 0.3) is 5.56 Å². The summed E-state index contributed by atoms with van der Waals surface area (Å²) in [6, 6.07) is 8.06. The van der Waals surface area contributed by atoms with Crippen LogP contribution in [0.15, 0.2) is 51.6 Å². The Balaban J connectivity index is 1.50. The van der Waals surface area contributed by atoms with Crippen molar-refractivity contribution in [1.29, 1.82) is 0 Å². The number of ether oxygens (including phenoxy) is 2. The molecule has 0 radical (unpaired) electrons. The van der Waals surface area contributed by atoms with E-state index in [0.717, 1.165) is 11.3 Å². The molecule has 0 fully saturated rings. The number of aryl methyl sites for hydroxylation is 1. The van der Waals surface area contributed by atoms with Crippen molar-refractivity contribution in [2.45, 2.75) is 24.4 Å². The van der Waals surface area contributed by atoms with Crippen LogP contribution in [0.1, 0.15) is 26.5 Å². The third kappa shape index (κ3) is 3.91. The molecule has 1 aliphatic rings. The number of methoxy groups -OCH3 is 2. The highest BCUT2D eigenvalue weighted by Crippen LogP contribution is 2.31. The van der Waals surface area contributed by atoms with E-state index in [1.54, 1.807) is 41.4 Å². The quantitative estimate of drug-likeness (QED) is 0.353. The maximum atomic E-state index is 13.4. The fourth-order valence-electron chi connectivity index (χ4n) is 4.59. The predicted octanol–water partition coefficient (Wildman–Crippen LogP) is 2.39. The smallest absolute Gasteiger partial charge is 0.348 e. The monoisotopic (exact) mass is 528 g/mol. The van der Waals surface area contributed by atoms with Gasteiger partial charge in [-0.3, -0.25) is 4.79 Å². The zero-order valence-electron chi connectivity index (χ0n) is 19.9. The number of aromatic nitrogens is 3. The van der Waals surface area contributed by atoms with Crippen LogP contribution in [0, 0.1) is 0 Å². The van der Waals surface area contributed by atoms with Gasteiger partial charge in [-0.25, -0.2) is 17.9 Å². The summed E-state index contributed by atoms with van der Waals surface area (Å²) in [5.74, 6) is 0.120. The van der Waals surface area contributed by atoms with Crippen LogP contribution in [0.25, 0.3) is 10.9 Å². The lowest BCUT2D eigenvalue weighted by molar-refractivity contribution is 0.0605. The van der Waals surface area contributed by atoms with E-state index in [1.165, 1.54) is 46.7 Å². The van der Waals surface area contributed by atoms with Crippen molar-refractivity contribution in [3.63, 3.8) is 0 Å². The van der Waals surface area contributed by atoms with Gasteiger partial charge in [0.2, 0.25) is 10.0 Å². The summed E-state index contributed by atoms with van der Waals surface area (Å²) in [7, 11) is 0.875. The molecule has 0 amide bonds. The highest BCUT2D eigenvalue weighted by molar-refractivity contribution is 7.89. The minimum Gasteiger partial charge on any atom is -0.497 e. The molecule has 3 aromatic heterocycles. The van der Waals surface area contributed by atoms with E-state index >= 15 is 0 Å². The third-order valence-electron chi connectivity index (χ3n) is 6.50. The van der Waals surface area contributed by atoms with Crippen LogP contribution >= 0.6 is 11.3 Å². The van der Waals surface area contributed by atoms with E-state index in [9.17, 15) is 18.0 Å². The van der Waals surface area contributed by atoms with Crippen molar-refractivity contribution < 1.29 is 22.7 Å². The van der Waals surface area contributed by atoms with Crippen molar-refractivity contribution in [3.8, 4) is 5.75 Å². The molecule has 4 aromatic rings. The number of sulfonamides is 1. The van der Waals surface area contributed by atoms with E-state index in [-0.39, 0.29) is 23.5 Å². The van der Waals surface area contributed by atoms with E-state index in [2.05, 4.69) is 5.10 Å². The number of hydrogen-bond acceptors (Lipinski definition) is 8. The molecule has 0 saturated heterocycles. The van der Waals surface area contributed by atoms with Gasteiger partial charge >= 0.3 is 5.97 Å². The van der Waals surface area contributed by atoms with Gasteiger partial charge in [0, 0.05) is 24.7 Å². The normalized spacial score (nSPS) is 14.1. The van der Waals surface area contributed by atoms with Gasteiger partial charge in [-0.2, -0.15) is 9.40 Å². The van der Waals surface area contributed by atoms with Gasteiger partial charge in [-0.05, 0) is 53.3 Å². The van der Waals surface area contributed by atoms with Crippen molar-refractivity contribution in [1.82, 2.24) is 18.7 Å². The first kappa shape index (κ1) is 24.2. The molecule has 188 valence electrons. The molecule has 4 heterocycles. The number of carbonyl (C=O) groups excluding carboxylic acids is 1. The highest BCUT2D eigenvalue weighted by atomic mass is 32.2. The maximum absolute atomic E-state index is 13.4. The van der Waals surface area contributed by atoms with Gasteiger partial charge in [0.15, 0.2) is 0 Å². The summed E-state index contributed by atoms with van der Waals surface area (Å²) in [5.41, 5.74) is 2.48.